The van der Waals surface area contributed by atoms with Crippen LogP contribution in [0.2, 0.25) is 0 Å². The smallest absolute Gasteiger partial charge is 0.187 e. The molecule has 2 N–H and O–H groups in total. The first-order valence-corrected chi connectivity index (χ1v) is 9.30. The minimum absolute atomic E-state index is 0.0711. The number of hydrogen-bond acceptors (Lipinski definition) is 6. The average molecular weight is 394 g/mol. The summed E-state index contributed by atoms with van der Waals surface area (Å²) in [5.74, 6) is 1.29. The molecule has 0 atom stereocenters. The highest BCUT2D eigenvalue weighted by atomic mass is 16.5. The molecule has 0 bridgehead atoms. The summed E-state index contributed by atoms with van der Waals surface area (Å²) in [6.07, 6.45) is 7.14. The number of rotatable bonds is 12. The lowest BCUT2D eigenvalue weighted by atomic mass is 10.1. The van der Waals surface area contributed by atoms with Gasteiger partial charge in [0.2, 0.25) is 0 Å². The Morgan fingerprint density at radius 1 is 0.724 bits per heavy atom. The molecule has 0 saturated heterocycles. The van der Waals surface area contributed by atoms with Crippen LogP contribution in [0.15, 0.2) is 73.1 Å². The van der Waals surface area contributed by atoms with E-state index in [1.165, 1.54) is 12.2 Å². The van der Waals surface area contributed by atoms with Crippen LogP contribution in [0.1, 0.15) is 27.1 Å². The van der Waals surface area contributed by atoms with Crippen molar-refractivity contribution < 1.29 is 19.1 Å². The van der Waals surface area contributed by atoms with E-state index < -0.39 is 0 Å². The average Bonchev–Trinajstić information content (AvgIpc) is 2.77. The molecule has 2 rings (SSSR count). The molecule has 0 radical (unpaired) electrons. The van der Waals surface area contributed by atoms with Crippen molar-refractivity contribution in [1.82, 2.24) is 10.6 Å². The van der Waals surface area contributed by atoms with Gasteiger partial charge in [0.1, 0.15) is 11.5 Å². The Kier molecular flexibility index (Phi) is 9.02. The topological polar surface area (TPSA) is 76.7 Å². The number of nitrogens with one attached hydrogen (secondary N) is 2. The zero-order valence-electron chi connectivity index (χ0n) is 16.7. The first-order valence-electron chi connectivity index (χ1n) is 9.30. The zero-order chi connectivity index (χ0) is 20.9. The number of ketones is 2. The van der Waals surface area contributed by atoms with E-state index in [0.717, 1.165) is 17.9 Å². The maximum atomic E-state index is 12.0. The largest absolute Gasteiger partial charge is 0.497 e. The summed E-state index contributed by atoms with van der Waals surface area (Å²) in [5, 5.41) is 6.15. The van der Waals surface area contributed by atoms with Crippen LogP contribution in [-0.4, -0.2) is 38.9 Å². The minimum Gasteiger partial charge on any atom is -0.497 e. The molecule has 0 aliphatic rings. The van der Waals surface area contributed by atoms with Gasteiger partial charge in [0.05, 0.1) is 14.2 Å². The summed E-state index contributed by atoms with van der Waals surface area (Å²) in [5.41, 5.74) is 1.22. The Bertz CT molecular complexity index is 769. The van der Waals surface area contributed by atoms with Crippen LogP contribution in [-0.2, 0) is 0 Å². The molecule has 0 aliphatic carbocycles. The van der Waals surface area contributed by atoms with Crippen molar-refractivity contribution in [2.24, 2.45) is 0 Å². The molecular weight excluding hydrogens is 368 g/mol. The predicted octanol–water partition coefficient (Wildman–Crippen LogP) is 3.37. The highest BCUT2D eigenvalue weighted by Gasteiger charge is 2.02. The van der Waals surface area contributed by atoms with E-state index in [1.807, 2.05) is 0 Å². The molecule has 2 aromatic carbocycles. The van der Waals surface area contributed by atoms with E-state index in [-0.39, 0.29) is 11.6 Å². The second-order valence-corrected chi connectivity index (χ2v) is 6.11. The van der Waals surface area contributed by atoms with Crippen molar-refractivity contribution >= 4 is 11.6 Å². The quantitative estimate of drug-likeness (QED) is 0.327. The maximum absolute atomic E-state index is 12.0. The van der Waals surface area contributed by atoms with Crippen molar-refractivity contribution in [2.75, 3.05) is 27.3 Å². The van der Waals surface area contributed by atoms with E-state index in [9.17, 15) is 9.59 Å². The Morgan fingerprint density at radius 3 is 1.45 bits per heavy atom. The van der Waals surface area contributed by atoms with Crippen LogP contribution in [0.25, 0.3) is 0 Å². The van der Waals surface area contributed by atoms with Crippen LogP contribution in [0.5, 0.6) is 11.5 Å². The Morgan fingerprint density at radius 2 is 1.10 bits per heavy atom. The van der Waals surface area contributed by atoms with Gasteiger partial charge < -0.3 is 20.1 Å². The summed E-state index contributed by atoms with van der Waals surface area (Å²) in [6, 6.07) is 14.0. The number of methoxy groups -OCH3 is 2. The van der Waals surface area contributed by atoms with Crippen LogP contribution >= 0.6 is 0 Å². The number of carbonyl (C=O) groups excluding carboxylic acids is 2. The molecule has 6 nitrogen and oxygen atoms in total. The number of carbonyl (C=O) groups is 2. The van der Waals surface area contributed by atoms with Gasteiger partial charge in [-0.25, -0.2) is 0 Å². The highest BCUT2D eigenvalue weighted by molar-refractivity contribution is 6.04. The van der Waals surface area contributed by atoms with Gasteiger partial charge in [-0.3, -0.25) is 9.59 Å². The SMILES string of the molecule is COc1ccc(C(=O)/C=C\NCCCN/C=C\C(=O)c2ccc(OC)cc2)cc1. The van der Waals surface area contributed by atoms with Crippen molar-refractivity contribution in [2.45, 2.75) is 6.42 Å². The fourth-order valence-corrected chi connectivity index (χ4v) is 2.43. The van der Waals surface area contributed by atoms with Crippen LogP contribution in [0.3, 0.4) is 0 Å². The van der Waals surface area contributed by atoms with E-state index in [2.05, 4.69) is 10.6 Å². The third kappa shape index (κ3) is 7.54. The molecule has 0 aliphatic heterocycles. The molecule has 6 heteroatoms. The summed E-state index contributed by atoms with van der Waals surface area (Å²) in [7, 11) is 3.17. The zero-order valence-corrected chi connectivity index (χ0v) is 16.7. The van der Waals surface area contributed by atoms with Gasteiger partial charge in [0, 0.05) is 48.8 Å². The van der Waals surface area contributed by atoms with Crippen molar-refractivity contribution in [3.63, 3.8) is 0 Å². The molecule has 0 heterocycles. The molecule has 0 unspecified atom stereocenters. The number of allylic oxidation sites excluding steroid dienone is 2. The van der Waals surface area contributed by atoms with Crippen LogP contribution in [0, 0.1) is 0 Å². The summed E-state index contributed by atoms with van der Waals surface area (Å²) < 4.78 is 10.1. The van der Waals surface area contributed by atoms with Crippen LogP contribution in [0.4, 0.5) is 0 Å². The third-order valence-corrected chi connectivity index (χ3v) is 4.10. The fourth-order valence-electron chi connectivity index (χ4n) is 2.43. The van der Waals surface area contributed by atoms with Gasteiger partial charge in [-0.2, -0.15) is 0 Å². The highest BCUT2D eigenvalue weighted by Crippen LogP contribution is 2.12. The van der Waals surface area contributed by atoms with Gasteiger partial charge in [0.25, 0.3) is 0 Å². The lowest BCUT2D eigenvalue weighted by Gasteiger charge is -2.02. The summed E-state index contributed by atoms with van der Waals surface area (Å²) in [4.78, 5) is 24.0. The standard InChI is InChI=1S/C23H26N2O4/c1-28-20-8-4-18(5-9-20)22(26)12-16-24-14-3-15-25-17-13-23(27)19-6-10-21(29-2)11-7-19/h4-13,16-17,24-25H,3,14-15H2,1-2H3/b16-12-,17-13-. The lowest BCUT2D eigenvalue weighted by molar-refractivity contribution is 0.103. The van der Waals surface area contributed by atoms with E-state index in [1.54, 1.807) is 75.2 Å². The van der Waals surface area contributed by atoms with E-state index in [4.69, 9.17) is 9.47 Å². The van der Waals surface area contributed by atoms with Crippen molar-refractivity contribution in [3.8, 4) is 11.5 Å². The molecule has 0 fully saturated rings. The number of hydrogen-bond donors (Lipinski definition) is 2. The first-order chi connectivity index (χ1) is 14.1. The van der Waals surface area contributed by atoms with Gasteiger partial charge in [-0.15, -0.1) is 0 Å². The Hall–Kier alpha value is -3.54. The number of benzene rings is 2. The summed E-state index contributed by atoms with van der Waals surface area (Å²) in [6.45, 7) is 1.42. The molecule has 0 saturated carbocycles. The maximum Gasteiger partial charge on any atom is 0.187 e. The van der Waals surface area contributed by atoms with E-state index in [0.29, 0.717) is 24.2 Å². The van der Waals surface area contributed by atoms with Gasteiger partial charge in [-0.1, -0.05) is 0 Å². The van der Waals surface area contributed by atoms with Crippen molar-refractivity contribution in [1.29, 1.82) is 0 Å². The first kappa shape index (κ1) is 21.8. The lowest BCUT2D eigenvalue weighted by Crippen LogP contribution is -2.15. The van der Waals surface area contributed by atoms with E-state index >= 15 is 0 Å². The molecule has 152 valence electrons. The summed E-state index contributed by atoms with van der Waals surface area (Å²) >= 11 is 0. The van der Waals surface area contributed by atoms with Crippen LogP contribution < -0.4 is 20.1 Å². The molecule has 0 spiro atoms. The predicted molar refractivity (Wildman–Crippen MR) is 114 cm³/mol. The van der Waals surface area contributed by atoms with Gasteiger partial charge >= 0.3 is 0 Å². The monoisotopic (exact) mass is 394 g/mol. The molecular formula is C23H26N2O4. The van der Waals surface area contributed by atoms with Gasteiger partial charge in [0.15, 0.2) is 11.6 Å². The normalized spacial score (nSPS) is 10.8. The molecule has 29 heavy (non-hydrogen) atoms. The van der Waals surface area contributed by atoms with Gasteiger partial charge in [-0.05, 0) is 55.0 Å². The second-order valence-electron chi connectivity index (χ2n) is 6.11. The minimum atomic E-state index is -0.0711. The Labute approximate surface area is 171 Å². The fraction of sp³-hybridized carbons (Fsp3) is 0.217. The molecule has 2 aromatic rings. The third-order valence-electron chi connectivity index (χ3n) is 4.10. The molecule has 0 aromatic heterocycles. The Balaban J connectivity index is 1.60. The second kappa shape index (κ2) is 12.0. The molecule has 0 amide bonds. The number of ether oxygens (including phenoxy) is 2. The van der Waals surface area contributed by atoms with Crippen molar-refractivity contribution in [3.05, 3.63) is 84.2 Å².